The van der Waals surface area contributed by atoms with Crippen LogP contribution in [0, 0.1) is 17.8 Å². The number of aliphatic hydroxyl groups is 1. The Labute approximate surface area is 327 Å². The molecule has 0 saturated heterocycles. The third-order valence-electron chi connectivity index (χ3n) is 9.76. The summed E-state index contributed by atoms with van der Waals surface area (Å²) >= 11 is 0. The van der Waals surface area contributed by atoms with E-state index in [0.29, 0.717) is 19.3 Å². The summed E-state index contributed by atoms with van der Waals surface area (Å²) in [6.45, 7) is 10.1. The molecule has 1 aromatic heterocycles. The number of fused-ring (bicyclic) bond motifs is 1. The van der Waals surface area contributed by atoms with Gasteiger partial charge in [-0.3, -0.25) is 29.0 Å². The number of aromatic amines is 1. The Kier molecular flexibility index (Phi) is 19.3. The predicted molar refractivity (Wildman–Crippen MR) is 213 cm³/mol. The number of aliphatic carboxylic acids is 1. The number of carbonyl (C=O) groups is 6. The number of rotatable bonds is 24. The third-order valence-corrected chi connectivity index (χ3v) is 9.76. The van der Waals surface area contributed by atoms with E-state index in [1.165, 1.54) is 0 Å². The van der Waals surface area contributed by atoms with Crippen LogP contribution in [0.5, 0.6) is 0 Å². The van der Waals surface area contributed by atoms with Crippen LogP contribution >= 0.6 is 0 Å². The number of amides is 5. The van der Waals surface area contributed by atoms with Gasteiger partial charge in [-0.1, -0.05) is 72.6 Å². The van der Waals surface area contributed by atoms with Gasteiger partial charge in [0.2, 0.25) is 29.5 Å². The second kappa shape index (κ2) is 23.0. The SMILES string of the molecule is CC[C@H](C)[C@H](NC(=O)[C@H](Cc1c[nH]c2ccccc12)NC(=O)[C@@H](N)CCCN=C(N)N)C(=O)N[C@H](C(=O)N[C@@H](CO)C(=O)N[C@@H](CC(C)C)C(=O)O)[C@@H](C)CC. The Morgan fingerprint density at radius 2 is 1.30 bits per heavy atom. The van der Waals surface area contributed by atoms with Gasteiger partial charge in [0.25, 0.3) is 0 Å². The maximum Gasteiger partial charge on any atom is 0.326 e. The Morgan fingerprint density at radius 1 is 0.768 bits per heavy atom. The van der Waals surface area contributed by atoms with E-state index < -0.39 is 90.2 Å². The van der Waals surface area contributed by atoms with Crippen molar-refractivity contribution in [1.29, 1.82) is 0 Å². The number of carboxylic acid groups (broad SMARTS) is 1. The zero-order chi connectivity index (χ0) is 42.1. The first kappa shape index (κ1) is 46.9. The molecule has 0 aliphatic carbocycles. The molecular formula is C38H62N10O8. The molecule has 18 heteroatoms. The van der Waals surface area contributed by atoms with Crippen molar-refractivity contribution >= 4 is 52.4 Å². The van der Waals surface area contributed by atoms with Crippen molar-refractivity contribution in [3.63, 3.8) is 0 Å². The van der Waals surface area contributed by atoms with E-state index in [1.807, 2.05) is 31.2 Å². The van der Waals surface area contributed by atoms with E-state index in [0.717, 1.165) is 16.5 Å². The summed E-state index contributed by atoms with van der Waals surface area (Å²) in [5, 5.41) is 33.5. The summed E-state index contributed by atoms with van der Waals surface area (Å²) in [7, 11) is 0. The molecule has 312 valence electrons. The molecule has 18 nitrogen and oxygen atoms in total. The Morgan fingerprint density at radius 3 is 1.86 bits per heavy atom. The number of nitrogens with one attached hydrogen (secondary N) is 6. The number of aliphatic imine (C=N–C) groups is 1. The monoisotopic (exact) mass is 786 g/mol. The van der Waals surface area contributed by atoms with E-state index in [4.69, 9.17) is 17.2 Å². The maximum absolute atomic E-state index is 14.1. The molecule has 0 radical (unpaired) electrons. The van der Waals surface area contributed by atoms with Crippen LogP contribution in [0.25, 0.3) is 10.9 Å². The van der Waals surface area contributed by atoms with Gasteiger partial charge in [0, 0.05) is 30.1 Å². The molecule has 0 aliphatic rings. The number of carboxylic acids is 1. The fourth-order valence-electron chi connectivity index (χ4n) is 5.98. The normalized spacial score (nSPS) is 15.6. The summed E-state index contributed by atoms with van der Waals surface area (Å²) < 4.78 is 0. The van der Waals surface area contributed by atoms with Gasteiger partial charge in [0.1, 0.15) is 30.2 Å². The van der Waals surface area contributed by atoms with E-state index in [-0.39, 0.29) is 37.7 Å². The minimum atomic E-state index is -1.50. The fourth-order valence-corrected chi connectivity index (χ4v) is 5.98. The zero-order valence-corrected chi connectivity index (χ0v) is 33.3. The number of benzene rings is 1. The Balaban J connectivity index is 2.33. The summed E-state index contributed by atoms with van der Waals surface area (Å²) in [5.74, 6) is -5.93. The van der Waals surface area contributed by atoms with E-state index in [2.05, 4.69) is 36.6 Å². The third kappa shape index (κ3) is 14.4. The molecule has 1 aromatic carbocycles. The molecule has 0 spiro atoms. The second-order valence-corrected chi connectivity index (χ2v) is 14.7. The zero-order valence-electron chi connectivity index (χ0n) is 33.3. The van der Waals surface area contributed by atoms with Crippen molar-refractivity contribution in [2.24, 2.45) is 39.9 Å². The first-order chi connectivity index (χ1) is 26.4. The molecule has 2 aromatic rings. The van der Waals surface area contributed by atoms with Gasteiger partial charge in [0.15, 0.2) is 5.96 Å². The highest BCUT2D eigenvalue weighted by molar-refractivity contribution is 5.97. The van der Waals surface area contributed by atoms with Gasteiger partial charge in [-0.05, 0) is 48.6 Å². The lowest BCUT2D eigenvalue weighted by atomic mass is 9.94. The lowest BCUT2D eigenvalue weighted by molar-refractivity contribution is -0.143. The van der Waals surface area contributed by atoms with Crippen LogP contribution < -0.4 is 43.8 Å². The molecule has 0 fully saturated rings. The fraction of sp³-hybridized carbons (Fsp3) is 0.605. The van der Waals surface area contributed by atoms with Crippen LogP contribution in [0.1, 0.15) is 79.2 Å². The smallest absolute Gasteiger partial charge is 0.326 e. The lowest BCUT2D eigenvalue weighted by Gasteiger charge is -2.31. The van der Waals surface area contributed by atoms with Crippen LogP contribution in [0.3, 0.4) is 0 Å². The molecule has 0 unspecified atom stereocenters. The maximum atomic E-state index is 14.1. The summed E-state index contributed by atoms with van der Waals surface area (Å²) in [6.07, 6.45) is 3.45. The van der Waals surface area contributed by atoms with E-state index in [9.17, 15) is 39.0 Å². The number of aromatic nitrogens is 1. The average molecular weight is 787 g/mol. The van der Waals surface area contributed by atoms with Gasteiger partial charge in [-0.2, -0.15) is 0 Å². The molecule has 0 saturated carbocycles. The summed E-state index contributed by atoms with van der Waals surface area (Å²) in [6, 6.07) is 0.209. The van der Waals surface area contributed by atoms with Gasteiger partial charge < -0.3 is 59.0 Å². The minimum absolute atomic E-state index is 0.0551. The van der Waals surface area contributed by atoms with Crippen molar-refractivity contribution in [2.75, 3.05) is 13.2 Å². The van der Waals surface area contributed by atoms with Crippen LogP contribution in [-0.4, -0.2) is 106 Å². The molecule has 5 amide bonds. The first-order valence-electron chi connectivity index (χ1n) is 19.1. The number of nitrogens with zero attached hydrogens (tertiary/aromatic N) is 1. The number of aliphatic hydroxyl groups excluding tert-OH is 1. The van der Waals surface area contributed by atoms with Gasteiger partial charge in [-0.15, -0.1) is 0 Å². The number of para-hydroxylation sites is 1. The van der Waals surface area contributed by atoms with E-state index >= 15 is 0 Å². The summed E-state index contributed by atoms with van der Waals surface area (Å²) in [5.41, 5.74) is 18.5. The number of carbonyl (C=O) groups excluding carboxylic acids is 5. The average Bonchev–Trinajstić information content (AvgIpc) is 3.57. The van der Waals surface area contributed by atoms with E-state index in [1.54, 1.807) is 40.8 Å². The molecule has 14 N–H and O–H groups in total. The highest BCUT2D eigenvalue weighted by Crippen LogP contribution is 2.20. The molecule has 0 bridgehead atoms. The first-order valence-corrected chi connectivity index (χ1v) is 19.1. The second-order valence-electron chi connectivity index (χ2n) is 14.7. The summed E-state index contributed by atoms with van der Waals surface area (Å²) in [4.78, 5) is 86.8. The van der Waals surface area contributed by atoms with Crippen LogP contribution in [0.2, 0.25) is 0 Å². The Bertz CT molecular complexity index is 1660. The molecule has 2 rings (SSSR count). The molecular weight excluding hydrogens is 724 g/mol. The molecule has 0 aliphatic heterocycles. The number of guanidine groups is 1. The van der Waals surface area contributed by atoms with Crippen molar-refractivity contribution in [3.05, 3.63) is 36.0 Å². The lowest BCUT2D eigenvalue weighted by Crippen LogP contribution is -2.62. The van der Waals surface area contributed by atoms with Crippen LogP contribution in [0.4, 0.5) is 0 Å². The van der Waals surface area contributed by atoms with Gasteiger partial charge in [0.05, 0.1) is 12.6 Å². The molecule has 1 heterocycles. The number of H-pyrrole nitrogens is 1. The largest absolute Gasteiger partial charge is 0.480 e. The highest BCUT2D eigenvalue weighted by Gasteiger charge is 2.36. The number of hydrogen-bond acceptors (Lipinski definition) is 9. The highest BCUT2D eigenvalue weighted by atomic mass is 16.4. The van der Waals surface area contributed by atoms with Crippen molar-refractivity contribution in [3.8, 4) is 0 Å². The topological polar surface area (TPSA) is 309 Å². The quantitative estimate of drug-likeness (QED) is 0.0374. The van der Waals surface area contributed by atoms with Crippen LogP contribution in [-0.2, 0) is 35.2 Å². The number of nitrogens with two attached hydrogens (primary N) is 3. The van der Waals surface area contributed by atoms with Crippen molar-refractivity contribution in [2.45, 2.75) is 116 Å². The van der Waals surface area contributed by atoms with Crippen molar-refractivity contribution in [1.82, 2.24) is 31.6 Å². The molecule has 56 heavy (non-hydrogen) atoms. The molecule has 8 atom stereocenters. The van der Waals surface area contributed by atoms with Crippen molar-refractivity contribution < 1.29 is 39.0 Å². The predicted octanol–water partition coefficient (Wildman–Crippen LogP) is -0.269. The minimum Gasteiger partial charge on any atom is -0.480 e. The Hall–Kier alpha value is -5.23. The van der Waals surface area contributed by atoms with Crippen LogP contribution in [0.15, 0.2) is 35.5 Å². The standard InChI is InChI=1S/C38H62N10O8/c1-7-21(5)30(35(53)46-29(19-49)34(52)45-28(37(55)56)16-20(3)4)48-36(54)31(22(6)8-2)47-33(51)27(17-23-18-43-26-14-10-9-12-24(23)26)44-32(50)25(39)13-11-15-42-38(40)41/h9-10,12,14,18,20-22,25,27-31,43,49H,7-8,11,13,15-17,19,39H2,1-6H3,(H,44,50)(H,45,52)(H,46,53)(H,47,51)(H,48,54)(H,55,56)(H4,40,41,42)/t21-,22-,25-,27-,28-,29-,30-,31-/m0/s1. The number of hydrogen-bond donors (Lipinski definition) is 11. The van der Waals surface area contributed by atoms with Gasteiger partial charge >= 0.3 is 5.97 Å². The van der Waals surface area contributed by atoms with Gasteiger partial charge in [-0.25, -0.2) is 4.79 Å².